The zero-order chi connectivity index (χ0) is 46.1. The predicted molar refractivity (Wildman–Crippen MR) is 270 cm³/mol. The Labute approximate surface area is 379 Å². The molecule has 0 heterocycles. The van der Waals surface area contributed by atoms with Gasteiger partial charge in [-0.15, -0.1) is 0 Å². The van der Waals surface area contributed by atoms with Crippen molar-refractivity contribution in [2.24, 2.45) is 21.7 Å². The number of carbonyl (C=O) groups is 2. The lowest BCUT2D eigenvalue weighted by molar-refractivity contribution is -0.114. The maximum atomic E-state index is 14.3. The summed E-state index contributed by atoms with van der Waals surface area (Å²) in [7, 11) is 0. The van der Waals surface area contributed by atoms with Crippen LogP contribution in [-0.4, -0.2) is 11.6 Å². The molecule has 63 heavy (non-hydrogen) atoms. The summed E-state index contributed by atoms with van der Waals surface area (Å²) < 4.78 is 0. The number of Topliss-reactive ketones (excluding diaryl/α,β-unsaturated/α-hetero) is 2. The van der Waals surface area contributed by atoms with Gasteiger partial charge in [0, 0.05) is 22.3 Å². The van der Waals surface area contributed by atoms with Crippen molar-refractivity contribution < 1.29 is 9.59 Å². The lowest BCUT2D eigenvalue weighted by Crippen LogP contribution is -2.28. The Morgan fingerprint density at radius 1 is 0.444 bits per heavy atom. The normalized spacial score (nSPS) is 15.8. The smallest absolute Gasteiger partial charge is 0.186 e. The number of ketones is 2. The predicted octanol–water partition coefficient (Wildman–Crippen LogP) is 16.4. The summed E-state index contributed by atoms with van der Waals surface area (Å²) in [5.41, 5.74) is 15.0. The minimum Gasteiger partial charge on any atom is -0.289 e. The summed E-state index contributed by atoms with van der Waals surface area (Å²) in [5, 5.41) is 0. The molecule has 2 aliphatic carbocycles. The molecule has 0 spiro atoms. The highest BCUT2D eigenvalue weighted by molar-refractivity contribution is 6.14. The molecule has 0 N–H and O–H groups in total. The van der Waals surface area contributed by atoms with E-state index in [-0.39, 0.29) is 33.2 Å². The highest BCUT2D eigenvalue weighted by atomic mass is 16.1. The number of carbonyl (C=O) groups excluding carboxylic acids is 2. The first kappa shape index (κ1) is 46.6. The molecule has 0 bridgehead atoms. The molecule has 0 aliphatic heterocycles. The Morgan fingerprint density at radius 3 is 1.32 bits per heavy atom. The van der Waals surface area contributed by atoms with Crippen LogP contribution in [0.2, 0.25) is 0 Å². The fraction of sp³-hybridized carbons (Fsp3) is 0.311. The molecule has 2 nitrogen and oxygen atoms in total. The van der Waals surface area contributed by atoms with Crippen LogP contribution in [0, 0.1) is 21.7 Å². The van der Waals surface area contributed by atoms with Crippen molar-refractivity contribution in [1.82, 2.24) is 0 Å². The van der Waals surface area contributed by atoms with Crippen LogP contribution in [0.3, 0.4) is 0 Å². The third kappa shape index (κ3) is 10.5. The fourth-order valence-corrected chi connectivity index (χ4v) is 8.57. The fourth-order valence-electron chi connectivity index (χ4n) is 8.57. The summed E-state index contributed by atoms with van der Waals surface area (Å²) in [6.07, 6.45) is 14.0. The Balaban J connectivity index is 1.70. The van der Waals surface area contributed by atoms with Gasteiger partial charge in [-0.3, -0.25) is 9.59 Å². The van der Waals surface area contributed by atoms with Gasteiger partial charge in [0.15, 0.2) is 11.6 Å². The van der Waals surface area contributed by atoms with E-state index in [2.05, 4.69) is 237 Å². The molecule has 0 radical (unpaired) electrons. The van der Waals surface area contributed by atoms with Gasteiger partial charge in [-0.25, -0.2) is 0 Å². The van der Waals surface area contributed by atoms with E-state index in [0.29, 0.717) is 0 Å². The Hall–Kier alpha value is -5.86. The minimum absolute atomic E-state index is 0.115. The molecule has 6 rings (SSSR count). The Morgan fingerprint density at radius 2 is 0.857 bits per heavy atom. The van der Waals surface area contributed by atoms with Crippen molar-refractivity contribution >= 4 is 28.3 Å². The van der Waals surface area contributed by atoms with Crippen molar-refractivity contribution in [2.45, 2.75) is 103 Å². The monoisotopic (exact) mass is 833 g/mol. The van der Waals surface area contributed by atoms with E-state index in [0.717, 1.165) is 84.4 Å². The van der Waals surface area contributed by atoms with E-state index in [4.69, 9.17) is 0 Å². The molecule has 0 saturated carbocycles. The zero-order valence-corrected chi connectivity index (χ0v) is 40.4. The second kappa shape index (κ2) is 18.1. The van der Waals surface area contributed by atoms with Gasteiger partial charge in [-0.2, -0.15) is 0 Å². The first-order valence-electron chi connectivity index (χ1n) is 22.7. The number of rotatable bonds is 8. The molecule has 4 aromatic rings. The third-order valence-electron chi connectivity index (χ3n) is 12.2. The van der Waals surface area contributed by atoms with Crippen molar-refractivity contribution in [1.29, 1.82) is 0 Å². The summed E-state index contributed by atoms with van der Waals surface area (Å²) >= 11 is 0. The molecule has 0 amide bonds. The maximum Gasteiger partial charge on any atom is 0.186 e. The van der Waals surface area contributed by atoms with Gasteiger partial charge >= 0.3 is 0 Å². The molecule has 0 unspecified atom stereocenters. The second-order valence-electron chi connectivity index (χ2n) is 21.3. The van der Waals surface area contributed by atoms with Crippen molar-refractivity contribution in [2.75, 3.05) is 0 Å². The van der Waals surface area contributed by atoms with Crippen LogP contribution in [0.15, 0.2) is 185 Å². The van der Waals surface area contributed by atoms with Crippen LogP contribution in [0.25, 0.3) is 27.8 Å². The molecular formula is C61H68O2. The van der Waals surface area contributed by atoms with Gasteiger partial charge in [-0.05, 0) is 132 Å². The molecule has 2 heteroatoms. The summed E-state index contributed by atoms with van der Waals surface area (Å²) in [6.45, 7) is 30.0. The molecular weight excluding hydrogens is 765 g/mol. The third-order valence-corrected chi connectivity index (χ3v) is 12.2. The van der Waals surface area contributed by atoms with E-state index in [1.807, 2.05) is 6.07 Å². The van der Waals surface area contributed by atoms with E-state index >= 15 is 0 Å². The molecule has 4 aromatic carbocycles. The van der Waals surface area contributed by atoms with Crippen LogP contribution in [0.1, 0.15) is 126 Å². The van der Waals surface area contributed by atoms with E-state index in [1.165, 1.54) is 11.1 Å². The van der Waals surface area contributed by atoms with Gasteiger partial charge in [-0.1, -0.05) is 205 Å². The lowest BCUT2D eigenvalue weighted by Gasteiger charge is -2.32. The number of hydrogen-bond donors (Lipinski definition) is 0. The van der Waals surface area contributed by atoms with Crippen LogP contribution < -0.4 is 0 Å². The maximum absolute atomic E-state index is 14.3. The topological polar surface area (TPSA) is 34.1 Å². The highest BCUT2D eigenvalue weighted by Crippen LogP contribution is 2.45. The van der Waals surface area contributed by atoms with Crippen molar-refractivity contribution in [3.63, 3.8) is 0 Å². The number of hydrogen-bond acceptors (Lipinski definition) is 2. The van der Waals surface area contributed by atoms with E-state index in [9.17, 15) is 9.59 Å². The number of benzene rings is 4. The zero-order valence-electron chi connectivity index (χ0n) is 40.4. The average Bonchev–Trinajstić information content (AvgIpc) is 3.21. The quantitative estimate of drug-likeness (QED) is 0.166. The van der Waals surface area contributed by atoms with Gasteiger partial charge in [0.25, 0.3) is 0 Å². The molecule has 0 atom stereocenters. The molecule has 324 valence electrons. The van der Waals surface area contributed by atoms with Gasteiger partial charge in [0.1, 0.15) is 0 Å². The first-order chi connectivity index (χ1) is 29.5. The summed E-state index contributed by atoms with van der Waals surface area (Å²) in [6, 6.07) is 38.8. The SMILES string of the molecule is CC/C(=C\C=C(/C)C(=C1C=C(C(C)(C)C)C(=O)C(C(C)(C)C)=C1)c1cccc(C(=C2C=C(C(C)(C)C)C(=O)C(C(C)(C)C)=C2)c2ccc(-c3ccccc3)cc2)c1)c1ccccc1. The summed E-state index contributed by atoms with van der Waals surface area (Å²) in [4.78, 5) is 28.6. The minimum atomic E-state index is -0.367. The van der Waals surface area contributed by atoms with E-state index in [1.54, 1.807) is 0 Å². The van der Waals surface area contributed by atoms with Crippen LogP contribution >= 0.6 is 0 Å². The second-order valence-corrected chi connectivity index (χ2v) is 21.3. The Bertz CT molecular complexity index is 2580. The highest BCUT2D eigenvalue weighted by Gasteiger charge is 2.36. The van der Waals surface area contributed by atoms with Crippen LogP contribution in [0.4, 0.5) is 0 Å². The van der Waals surface area contributed by atoms with Gasteiger partial charge in [0.2, 0.25) is 0 Å². The van der Waals surface area contributed by atoms with Gasteiger partial charge < -0.3 is 0 Å². The molecule has 0 saturated heterocycles. The molecule has 2 aliphatic rings. The Kier molecular flexibility index (Phi) is 13.4. The summed E-state index contributed by atoms with van der Waals surface area (Å²) in [5.74, 6) is 0.232. The van der Waals surface area contributed by atoms with E-state index < -0.39 is 0 Å². The van der Waals surface area contributed by atoms with Crippen molar-refractivity contribution in [3.8, 4) is 11.1 Å². The van der Waals surface area contributed by atoms with Crippen LogP contribution in [-0.2, 0) is 9.59 Å². The van der Waals surface area contributed by atoms with Crippen molar-refractivity contribution in [3.05, 3.63) is 207 Å². The standard InChI is InChI=1S/C61H68O2/c1-15-41(42-23-18-16-19-24-42)30-29-40(2)54(48-36-50(58(3,4)5)56(62)51(37-48)59(6,7)8)46-27-22-28-47(35-46)55(45-33-31-44(32-34-45)43-25-20-17-21-26-43)49-38-52(60(9,10)11)57(63)53(39-49)61(12,13)14/h16-39H,15H2,1-14H3/b40-29+,41-30+. The van der Waals surface area contributed by atoms with Gasteiger partial charge in [0.05, 0.1) is 0 Å². The first-order valence-corrected chi connectivity index (χ1v) is 22.7. The molecule has 0 fully saturated rings. The average molecular weight is 833 g/mol. The molecule has 0 aromatic heterocycles. The largest absolute Gasteiger partial charge is 0.289 e. The lowest BCUT2D eigenvalue weighted by atomic mass is 9.70. The van der Waals surface area contributed by atoms with Crippen LogP contribution in [0.5, 0.6) is 0 Å². The number of allylic oxidation sites excluding steroid dienone is 15.